The highest BCUT2D eigenvalue weighted by Gasteiger charge is 2.11. The van der Waals surface area contributed by atoms with Crippen LogP contribution in [0.15, 0.2) is 27.2 Å². The molecule has 0 aromatic heterocycles. The van der Waals surface area contributed by atoms with Crippen molar-refractivity contribution in [3.05, 3.63) is 32.7 Å². The fourth-order valence-corrected chi connectivity index (χ4v) is 1.90. The number of aliphatic hydroxyl groups is 1. The average Bonchev–Trinajstić information content (AvgIpc) is 2.35. The first-order valence-electron chi connectivity index (χ1n) is 4.67. The van der Waals surface area contributed by atoms with Crippen LogP contribution >= 0.6 is 39.1 Å². The number of rotatable bonds is 5. The fourth-order valence-electron chi connectivity index (χ4n) is 1.18. The van der Waals surface area contributed by atoms with Crippen molar-refractivity contribution in [3.63, 3.8) is 0 Å². The monoisotopic (exact) mass is 340 g/mol. The van der Waals surface area contributed by atoms with Gasteiger partial charge in [0.15, 0.2) is 11.5 Å². The van der Waals surface area contributed by atoms with Crippen LogP contribution in [0.25, 0.3) is 0 Å². The molecule has 0 atom stereocenters. The molecule has 0 heterocycles. The number of hydrogen-bond acceptors (Lipinski definition) is 3. The standard InChI is InChI=1S/C11H11BrCl2O3/c1-16-10-3-7(5-15)2-9(12)11(10)17-6-8(14)4-13/h2-4,15H,5-6H2,1H3. The average molecular weight is 342 g/mol. The van der Waals surface area contributed by atoms with E-state index in [0.717, 1.165) is 5.56 Å². The highest BCUT2D eigenvalue weighted by Crippen LogP contribution is 2.37. The molecule has 0 aliphatic heterocycles. The summed E-state index contributed by atoms with van der Waals surface area (Å²) in [6, 6.07) is 3.44. The molecule has 0 saturated heterocycles. The highest BCUT2D eigenvalue weighted by atomic mass is 79.9. The minimum absolute atomic E-state index is 0.0718. The van der Waals surface area contributed by atoms with Gasteiger partial charge in [-0.1, -0.05) is 23.2 Å². The van der Waals surface area contributed by atoms with E-state index in [1.54, 1.807) is 12.1 Å². The van der Waals surface area contributed by atoms with Gasteiger partial charge < -0.3 is 14.6 Å². The van der Waals surface area contributed by atoms with Crippen molar-refractivity contribution in [2.45, 2.75) is 6.61 Å². The second-order valence-corrected chi connectivity index (χ2v) is 4.67. The van der Waals surface area contributed by atoms with Crippen molar-refractivity contribution < 1.29 is 14.6 Å². The lowest BCUT2D eigenvalue weighted by molar-refractivity contribution is 0.279. The second-order valence-electron chi connectivity index (χ2n) is 3.11. The molecule has 0 radical (unpaired) electrons. The summed E-state index contributed by atoms with van der Waals surface area (Å²) < 4.78 is 11.3. The summed E-state index contributed by atoms with van der Waals surface area (Å²) in [4.78, 5) is 0. The Morgan fingerprint density at radius 1 is 1.53 bits per heavy atom. The Morgan fingerprint density at radius 2 is 2.24 bits per heavy atom. The minimum atomic E-state index is -0.0718. The summed E-state index contributed by atoms with van der Waals surface area (Å²) in [5.74, 6) is 1.03. The molecule has 1 rings (SSSR count). The van der Waals surface area contributed by atoms with E-state index in [-0.39, 0.29) is 13.2 Å². The third-order valence-corrected chi connectivity index (χ3v) is 3.13. The molecule has 0 bridgehead atoms. The van der Waals surface area contributed by atoms with Crippen LogP contribution in [0.3, 0.4) is 0 Å². The van der Waals surface area contributed by atoms with Crippen LogP contribution in [0.5, 0.6) is 11.5 Å². The van der Waals surface area contributed by atoms with Gasteiger partial charge in [0.25, 0.3) is 0 Å². The summed E-state index contributed by atoms with van der Waals surface area (Å²) in [6.07, 6.45) is 0. The molecule has 0 amide bonds. The summed E-state index contributed by atoms with van der Waals surface area (Å²) in [5.41, 5.74) is 1.96. The van der Waals surface area contributed by atoms with Crippen LogP contribution in [-0.2, 0) is 6.61 Å². The lowest BCUT2D eigenvalue weighted by atomic mass is 10.2. The Labute approximate surface area is 118 Å². The van der Waals surface area contributed by atoms with E-state index in [4.69, 9.17) is 37.8 Å². The Kier molecular flexibility index (Phi) is 6.12. The number of aliphatic hydroxyl groups excluding tert-OH is 1. The van der Waals surface area contributed by atoms with Gasteiger partial charge in [-0.25, -0.2) is 0 Å². The molecule has 0 fully saturated rings. The Morgan fingerprint density at radius 3 is 2.76 bits per heavy atom. The quantitative estimate of drug-likeness (QED) is 0.888. The fraction of sp³-hybridized carbons (Fsp3) is 0.273. The van der Waals surface area contributed by atoms with Gasteiger partial charge in [0.2, 0.25) is 0 Å². The molecule has 0 spiro atoms. The first-order chi connectivity index (χ1) is 8.12. The van der Waals surface area contributed by atoms with Crippen molar-refractivity contribution in [2.24, 2.45) is 0 Å². The minimum Gasteiger partial charge on any atom is -0.493 e. The molecule has 6 heteroatoms. The lowest BCUT2D eigenvalue weighted by Gasteiger charge is -2.13. The van der Waals surface area contributed by atoms with E-state index in [0.29, 0.717) is 21.0 Å². The van der Waals surface area contributed by atoms with Crippen LogP contribution < -0.4 is 9.47 Å². The van der Waals surface area contributed by atoms with E-state index >= 15 is 0 Å². The van der Waals surface area contributed by atoms with Crippen molar-refractivity contribution >= 4 is 39.1 Å². The molecule has 94 valence electrons. The van der Waals surface area contributed by atoms with Gasteiger partial charge in [-0.05, 0) is 33.6 Å². The Balaban J connectivity index is 2.97. The summed E-state index contributed by atoms with van der Waals surface area (Å²) >= 11 is 14.5. The van der Waals surface area contributed by atoms with Gasteiger partial charge in [0.1, 0.15) is 6.61 Å². The summed E-state index contributed by atoms with van der Waals surface area (Å²) in [7, 11) is 1.52. The number of ether oxygens (including phenoxy) is 2. The molecule has 1 aromatic carbocycles. The predicted molar refractivity (Wildman–Crippen MR) is 71.9 cm³/mol. The van der Waals surface area contributed by atoms with E-state index in [1.165, 1.54) is 12.6 Å². The van der Waals surface area contributed by atoms with E-state index in [2.05, 4.69) is 15.9 Å². The largest absolute Gasteiger partial charge is 0.493 e. The van der Waals surface area contributed by atoms with Crippen LogP contribution in [0.1, 0.15) is 5.56 Å². The van der Waals surface area contributed by atoms with Gasteiger partial charge in [-0.15, -0.1) is 0 Å². The zero-order valence-electron chi connectivity index (χ0n) is 9.04. The smallest absolute Gasteiger partial charge is 0.175 e. The summed E-state index contributed by atoms with van der Waals surface area (Å²) in [6.45, 7) is 0.0794. The van der Waals surface area contributed by atoms with Gasteiger partial charge in [-0.2, -0.15) is 0 Å². The van der Waals surface area contributed by atoms with E-state index in [9.17, 15) is 0 Å². The molecule has 1 aromatic rings. The molecule has 0 aliphatic rings. The molecule has 0 unspecified atom stereocenters. The first-order valence-corrected chi connectivity index (χ1v) is 6.28. The predicted octanol–water partition coefficient (Wildman–Crippen LogP) is 3.65. The lowest BCUT2D eigenvalue weighted by Crippen LogP contribution is -2.01. The van der Waals surface area contributed by atoms with Crippen LogP contribution in [0.4, 0.5) is 0 Å². The van der Waals surface area contributed by atoms with Crippen LogP contribution in [0, 0.1) is 0 Å². The summed E-state index contributed by atoms with van der Waals surface area (Å²) in [5, 5.41) is 9.45. The van der Waals surface area contributed by atoms with Crippen LogP contribution in [0.2, 0.25) is 0 Å². The molecular weight excluding hydrogens is 331 g/mol. The molecule has 1 N–H and O–H groups in total. The van der Waals surface area contributed by atoms with Gasteiger partial charge in [0.05, 0.1) is 23.2 Å². The molecular formula is C11H11BrCl2O3. The van der Waals surface area contributed by atoms with E-state index in [1.807, 2.05) is 0 Å². The zero-order chi connectivity index (χ0) is 12.8. The van der Waals surface area contributed by atoms with Crippen molar-refractivity contribution in [1.29, 1.82) is 0 Å². The molecule has 0 saturated carbocycles. The van der Waals surface area contributed by atoms with E-state index < -0.39 is 0 Å². The molecule has 0 aliphatic carbocycles. The maximum atomic E-state index is 9.06. The number of hydrogen-bond donors (Lipinski definition) is 1. The van der Waals surface area contributed by atoms with Crippen molar-refractivity contribution in [1.82, 2.24) is 0 Å². The van der Waals surface area contributed by atoms with Crippen LogP contribution in [-0.4, -0.2) is 18.8 Å². The molecule has 17 heavy (non-hydrogen) atoms. The van der Waals surface area contributed by atoms with Gasteiger partial charge in [-0.3, -0.25) is 0 Å². The Bertz CT molecular complexity index is 421. The zero-order valence-corrected chi connectivity index (χ0v) is 12.1. The SMILES string of the molecule is COc1cc(CO)cc(Br)c1OCC(Cl)=CCl. The Hall–Kier alpha value is -0.420. The third kappa shape index (κ3) is 4.07. The second kappa shape index (κ2) is 7.11. The van der Waals surface area contributed by atoms with Crippen molar-refractivity contribution in [3.8, 4) is 11.5 Å². The maximum Gasteiger partial charge on any atom is 0.175 e. The van der Waals surface area contributed by atoms with Gasteiger partial charge in [0, 0.05) is 5.54 Å². The topological polar surface area (TPSA) is 38.7 Å². The number of benzene rings is 1. The highest BCUT2D eigenvalue weighted by molar-refractivity contribution is 9.10. The normalized spacial score (nSPS) is 11.5. The first kappa shape index (κ1) is 14.6. The van der Waals surface area contributed by atoms with Crippen molar-refractivity contribution in [2.75, 3.05) is 13.7 Å². The van der Waals surface area contributed by atoms with Gasteiger partial charge >= 0.3 is 0 Å². The number of methoxy groups -OCH3 is 1. The molecule has 3 nitrogen and oxygen atoms in total. The number of halogens is 3. The third-order valence-electron chi connectivity index (χ3n) is 1.94. The maximum absolute atomic E-state index is 9.06.